The maximum Gasteiger partial charge on any atom is 0.407 e. The van der Waals surface area contributed by atoms with Gasteiger partial charge in [-0.05, 0) is 18.8 Å². The number of nitrogens with zero attached hydrogens (tertiary/aromatic N) is 1. The molecule has 0 aromatic rings. The molecule has 1 amide bonds. The van der Waals surface area contributed by atoms with Crippen molar-refractivity contribution in [2.24, 2.45) is 5.92 Å². The summed E-state index contributed by atoms with van der Waals surface area (Å²) in [4.78, 5) is 22.8. The first-order valence-electron chi connectivity index (χ1n) is 4.71. The summed E-state index contributed by atoms with van der Waals surface area (Å²) in [6, 6.07) is 0. The van der Waals surface area contributed by atoms with Gasteiger partial charge in [0.05, 0.1) is 0 Å². The van der Waals surface area contributed by atoms with Crippen LogP contribution in [0.5, 0.6) is 0 Å². The van der Waals surface area contributed by atoms with Gasteiger partial charge in [-0.2, -0.15) is 0 Å². The number of carbonyl (C=O) groups is 2. The van der Waals surface area contributed by atoms with E-state index in [1.165, 1.54) is 16.7 Å². The van der Waals surface area contributed by atoms with E-state index in [0.717, 1.165) is 18.6 Å². The van der Waals surface area contributed by atoms with E-state index in [1.54, 1.807) is 6.92 Å². The van der Waals surface area contributed by atoms with Crippen LogP contribution in [0.3, 0.4) is 0 Å². The highest BCUT2D eigenvalue weighted by molar-refractivity contribution is 8.13. The fraction of sp³-hybridized carbons (Fsp3) is 0.778. The van der Waals surface area contributed by atoms with Crippen molar-refractivity contribution >= 4 is 23.0 Å². The lowest BCUT2D eigenvalue weighted by molar-refractivity contribution is -0.109. The Bertz CT molecular complexity index is 224. The molecule has 0 aromatic heterocycles. The largest absolute Gasteiger partial charge is 0.465 e. The number of amides is 1. The number of hydrogen-bond acceptors (Lipinski definition) is 3. The maximum atomic E-state index is 10.7. The lowest BCUT2D eigenvalue weighted by Crippen LogP contribution is -2.38. The van der Waals surface area contributed by atoms with E-state index in [2.05, 4.69) is 0 Å². The molecule has 1 fully saturated rings. The Kier molecular flexibility index (Phi) is 4.25. The fourth-order valence-corrected chi connectivity index (χ4v) is 2.33. The van der Waals surface area contributed by atoms with Gasteiger partial charge in [-0.25, -0.2) is 4.79 Å². The van der Waals surface area contributed by atoms with Gasteiger partial charge in [-0.1, -0.05) is 11.8 Å². The van der Waals surface area contributed by atoms with Crippen molar-refractivity contribution in [2.75, 3.05) is 18.8 Å². The Labute approximate surface area is 87.7 Å². The Morgan fingerprint density at radius 2 is 2.00 bits per heavy atom. The van der Waals surface area contributed by atoms with Gasteiger partial charge < -0.3 is 10.0 Å². The molecule has 1 aliphatic heterocycles. The Hall–Kier alpha value is -0.710. The summed E-state index contributed by atoms with van der Waals surface area (Å²) in [6.07, 6.45) is 0.932. The minimum absolute atomic E-state index is 0.144. The topological polar surface area (TPSA) is 57.6 Å². The molecule has 5 heteroatoms. The van der Waals surface area contributed by atoms with Crippen LogP contribution in [-0.2, 0) is 4.79 Å². The average Bonchev–Trinajstić information content (AvgIpc) is 2.15. The van der Waals surface area contributed by atoms with Gasteiger partial charge in [-0.3, -0.25) is 4.79 Å². The van der Waals surface area contributed by atoms with Crippen molar-refractivity contribution in [1.82, 2.24) is 4.90 Å². The zero-order valence-corrected chi connectivity index (χ0v) is 9.05. The number of hydrogen-bond donors (Lipinski definition) is 1. The lowest BCUT2D eigenvalue weighted by atomic mass is 9.99. The first-order valence-corrected chi connectivity index (χ1v) is 5.69. The minimum atomic E-state index is -0.831. The van der Waals surface area contributed by atoms with Gasteiger partial charge >= 0.3 is 6.09 Å². The van der Waals surface area contributed by atoms with Crippen molar-refractivity contribution in [3.8, 4) is 0 Å². The van der Waals surface area contributed by atoms with Crippen LogP contribution >= 0.6 is 11.8 Å². The second-order valence-corrected chi connectivity index (χ2v) is 4.71. The quantitative estimate of drug-likeness (QED) is 0.764. The highest BCUT2D eigenvalue weighted by Gasteiger charge is 2.22. The molecule has 0 aliphatic carbocycles. The van der Waals surface area contributed by atoms with E-state index in [-0.39, 0.29) is 5.12 Å². The second-order valence-electron chi connectivity index (χ2n) is 3.52. The molecule has 0 radical (unpaired) electrons. The van der Waals surface area contributed by atoms with Crippen molar-refractivity contribution < 1.29 is 14.7 Å². The van der Waals surface area contributed by atoms with Crippen LogP contribution in [0, 0.1) is 5.92 Å². The van der Waals surface area contributed by atoms with E-state index in [0.29, 0.717) is 19.0 Å². The van der Waals surface area contributed by atoms with Crippen LogP contribution in [-0.4, -0.2) is 40.1 Å². The molecule has 4 nitrogen and oxygen atoms in total. The standard InChI is InChI=1S/C9H15NO3S/c1-7(11)14-6-8-2-4-10(5-3-8)9(12)13/h8H,2-6H2,1H3,(H,12,13). The summed E-state index contributed by atoms with van der Waals surface area (Å²) in [5.41, 5.74) is 0. The summed E-state index contributed by atoms with van der Waals surface area (Å²) in [7, 11) is 0. The predicted octanol–water partition coefficient (Wildman–Crippen LogP) is 1.66. The van der Waals surface area contributed by atoms with E-state index < -0.39 is 6.09 Å². The summed E-state index contributed by atoms with van der Waals surface area (Å²) in [5, 5.41) is 8.85. The van der Waals surface area contributed by atoms with Gasteiger partial charge in [-0.15, -0.1) is 0 Å². The van der Waals surface area contributed by atoms with Crippen LogP contribution in [0.25, 0.3) is 0 Å². The zero-order valence-electron chi connectivity index (χ0n) is 8.23. The first-order chi connectivity index (χ1) is 6.59. The third-order valence-electron chi connectivity index (χ3n) is 2.41. The molecule has 0 spiro atoms. The number of likely N-dealkylation sites (tertiary alicyclic amines) is 1. The van der Waals surface area contributed by atoms with Crippen LogP contribution in [0.4, 0.5) is 4.79 Å². The predicted molar refractivity (Wildman–Crippen MR) is 55.5 cm³/mol. The molecular formula is C9H15NO3S. The highest BCUT2D eigenvalue weighted by atomic mass is 32.2. The smallest absolute Gasteiger partial charge is 0.407 e. The van der Waals surface area contributed by atoms with Gasteiger partial charge in [0, 0.05) is 25.8 Å². The fourth-order valence-electron chi connectivity index (χ4n) is 1.53. The molecular weight excluding hydrogens is 202 g/mol. The Balaban J connectivity index is 2.22. The number of carbonyl (C=O) groups excluding carboxylic acids is 1. The van der Waals surface area contributed by atoms with Crippen LogP contribution in [0.1, 0.15) is 19.8 Å². The lowest BCUT2D eigenvalue weighted by Gasteiger charge is -2.29. The van der Waals surface area contributed by atoms with Crippen molar-refractivity contribution in [2.45, 2.75) is 19.8 Å². The van der Waals surface area contributed by atoms with Crippen molar-refractivity contribution in [1.29, 1.82) is 0 Å². The average molecular weight is 217 g/mol. The van der Waals surface area contributed by atoms with Gasteiger partial charge in [0.15, 0.2) is 5.12 Å². The summed E-state index contributed by atoms with van der Waals surface area (Å²) >= 11 is 1.34. The Morgan fingerprint density at radius 3 is 2.43 bits per heavy atom. The number of rotatable bonds is 2. The van der Waals surface area contributed by atoms with E-state index >= 15 is 0 Å². The van der Waals surface area contributed by atoms with Gasteiger partial charge in [0.1, 0.15) is 0 Å². The van der Waals surface area contributed by atoms with Crippen molar-refractivity contribution in [3.05, 3.63) is 0 Å². The second kappa shape index (κ2) is 5.24. The third-order valence-corrected chi connectivity index (χ3v) is 3.45. The first kappa shape index (κ1) is 11.4. The zero-order chi connectivity index (χ0) is 10.6. The van der Waals surface area contributed by atoms with Crippen molar-refractivity contribution in [3.63, 3.8) is 0 Å². The molecule has 14 heavy (non-hydrogen) atoms. The van der Waals surface area contributed by atoms with E-state index in [1.807, 2.05) is 0 Å². The molecule has 1 heterocycles. The molecule has 0 bridgehead atoms. The number of piperidine rings is 1. The van der Waals surface area contributed by atoms with Crippen LogP contribution in [0.2, 0.25) is 0 Å². The number of thioether (sulfide) groups is 1. The van der Waals surface area contributed by atoms with Crippen LogP contribution in [0.15, 0.2) is 0 Å². The van der Waals surface area contributed by atoms with Gasteiger partial charge in [0.25, 0.3) is 0 Å². The molecule has 0 aromatic carbocycles. The molecule has 0 saturated carbocycles. The SMILES string of the molecule is CC(=O)SCC1CCN(C(=O)O)CC1. The van der Waals surface area contributed by atoms with Gasteiger partial charge in [0.2, 0.25) is 0 Å². The van der Waals surface area contributed by atoms with E-state index in [4.69, 9.17) is 5.11 Å². The summed E-state index contributed by atoms with van der Waals surface area (Å²) in [6.45, 7) is 2.79. The Morgan fingerprint density at radius 1 is 1.43 bits per heavy atom. The van der Waals surface area contributed by atoms with E-state index in [9.17, 15) is 9.59 Å². The molecule has 80 valence electrons. The maximum absolute atomic E-state index is 10.7. The highest BCUT2D eigenvalue weighted by Crippen LogP contribution is 2.21. The molecule has 1 saturated heterocycles. The van der Waals surface area contributed by atoms with Crippen LogP contribution < -0.4 is 0 Å². The third kappa shape index (κ3) is 3.57. The molecule has 1 aliphatic rings. The molecule has 1 N–H and O–H groups in total. The normalized spacial score (nSPS) is 18.2. The summed E-state index contributed by atoms with van der Waals surface area (Å²) < 4.78 is 0. The summed E-state index contributed by atoms with van der Waals surface area (Å²) in [5.74, 6) is 1.34. The number of carboxylic acid groups (broad SMARTS) is 1. The minimum Gasteiger partial charge on any atom is -0.465 e. The molecule has 0 unspecified atom stereocenters. The molecule has 1 rings (SSSR count). The molecule has 0 atom stereocenters. The monoisotopic (exact) mass is 217 g/mol.